The number of likely N-dealkylation sites (N-methyl/N-ethyl adjacent to an activating group) is 1. The molecular weight excluding hydrogens is 420 g/mol. The summed E-state index contributed by atoms with van der Waals surface area (Å²) in [5.41, 5.74) is 5.10. The van der Waals surface area contributed by atoms with Crippen LogP contribution < -0.4 is 14.2 Å². The number of hydrogen-bond acceptors (Lipinski definition) is 6. The van der Waals surface area contributed by atoms with E-state index in [-0.39, 0.29) is 5.97 Å². The maximum absolute atomic E-state index is 12.8. The van der Waals surface area contributed by atoms with Crippen LogP contribution in [0.15, 0.2) is 24.3 Å². The molecule has 0 fully saturated rings. The molecule has 3 heterocycles. The van der Waals surface area contributed by atoms with Gasteiger partial charge >= 0.3 is 5.97 Å². The SMILES string of the molecule is CCOC(=O)c1c(C)[nH]c2ccc3c(c12)CCC1(O3)c2cc(OC)c(OC)cc2CCN1C. The fourth-order valence-electron chi connectivity index (χ4n) is 5.42. The number of H-pyrrole nitrogens is 1. The molecule has 5 rings (SSSR count). The number of nitrogens with zero attached hydrogens (tertiary/aromatic N) is 1. The van der Waals surface area contributed by atoms with Gasteiger partial charge in [-0.05, 0) is 63.6 Å². The predicted molar refractivity (Wildman–Crippen MR) is 125 cm³/mol. The molecule has 2 aromatic carbocycles. The summed E-state index contributed by atoms with van der Waals surface area (Å²) in [5, 5.41) is 0.907. The Balaban J connectivity index is 1.65. The van der Waals surface area contributed by atoms with Gasteiger partial charge in [0, 0.05) is 40.7 Å². The fraction of sp³-hybridized carbons (Fsp3) is 0.423. The molecule has 1 aromatic heterocycles. The molecule has 0 saturated heterocycles. The number of esters is 1. The summed E-state index contributed by atoms with van der Waals surface area (Å²) in [6, 6.07) is 8.12. The zero-order chi connectivity index (χ0) is 23.3. The van der Waals surface area contributed by atoms with Crippen LogP contribution in [0.25, 0.3) is 10.9 Å². The quantitative estimate of drug-likeness (QED) is 0.597. The second-order valence-electron chi connectivity index (χ2n) is 8.73. The average Bonchev–Trinajstić information content (AvgIpc) is 3.17. The van der Waals surface area contributed by atoms with Crippen LogP contribution in [-0.2, 0) is 23.3 Å². The van der Waals surface area contributed by atoms with Crippen molar-refractivity contribution in [1.29, 1.82) is 0 Å². The molecule has 7 heteroatoms. The smallest absolute Gasteiger partial charge is 0.340 e. The summed E-state index contributed by atoms with van der Waals surface area (Å²) in [4.78, 5) is 18.4. The van der Waals surface area contributed by atoms with Gasteiger partial charge in [-0.25, -0.2) is 4.79 Å². The standard InChI is InChI=1S/C26H30N2O5/c1-6-32-25(29)23-15(2)27-19-7-8-20-17(24(19)23)9-11-26(33-20)18-14-22(31-5)21(30-4)13-16(18)10-12-28(26)3/h7-8,13-14,27H,6,9-12H2,1-5H3. The number of rotatable bonds is 4. The van der Waals surface area contributed by atoms with E-state index in [1.165, 1.54) is 5.56 Å². The number of carbonyl (C=O) groups excluding carboxylic acids is 1. The van der Waals surface area contributed by atoms with E-state index in [9.17, 15) is 4.79 Å². The lowest BCUT2D eigenvalue weighted by Crippen LogP contribution is -2.54. The molecule has 1 unspecified atom stereocenters. The van der Waals surface area contributed by atoms with Crippen LogP contribution >= 0.6 is 0 Å². The normalized spacial score (nSPS) is 19.7. The van der Waals surface area contributed by atoms with Crippen molar-refractivity contribution in [3.8, 4) is 17.2 Å². The molecule has 7 nitrogen and oxygen atoms in total. The maximum Gasteiger partial charge on any atom is 0.340 e. The molecule has 0 bridgehead atoms. The molecule has 1 atom stereocenters. The van der Waals surface area contributed by atoms with E-state index >= 15 is 0 Å². The molecule has 0 radical (unpaired) electrons. The van der Waals surface area contributed by atoms with Gasteiger partial charge in [-0.1, -0.05) is 0 Å². The second kappa shape index (κ2) is 7.99. The number of aromatic nitrogens is 1. The van der Waals surface area contributed by atoms with E-state index in [1.807, 2.05) is 26.0 Å². The van der Waals surface area contributed by atoms with Crippen LogP contribution in [0.1, 0.15) is 46.1 Å². The van der Waals surface area contributed by atoms with Crippen molar-refractivity contribution in [3.63, 3.8) is 0 Å². The van der Waals surface area contributed by atoms with Crippen LogP contribution in [0.4, 0.5) is 0 Å². The summed E-state index contributed by atoms with van der Waals surface area (Å²) >= 11 is 0. The van der Waals surface area contributed by atoms with Gasteiger partial charge in [-0.3, -0.25) is 4.90 Å². The third-order valence-corrected chi connectivity index (χ3v) is 7.05. The average molecular weight is 451 g/mol. The summed E-state index contributed by atoms with van der Waals surface area (Å²) in [6.45, 7) is 4.95. The minimum absolute atomic E-state index is 0.299. The van der Waals surface area contributed by atoms with Gasteiger partial charge in [0.1, 0.15) is 5.75 Å². The molecule has 2 aliphatic rings. The van der Waals surface area contributed by atoms with E-state index < -0.39 is 5.72 Å². The van der Waals surface area contributed by atoms with Crippen LogP contribution in [0.3, 0.4) is 0 Å². The van der Waals surface area contributed by atoms with E-state index in [0.717, 1.165) is 65.0 Å². The van der Waals surface area contributed by atoms with Gasteiger partial charge < -0.3 is 23.9 Å². The fourth-order valence-corrected chi connectivity index (χ4v) is 5.42. The van der Waals surface area contributed by atoms with E-state index in [4.69, 9.17) is 18.9 Å². The number of aromatic amines is 1. The van der Waals surface area contributed by atoms with E-state index in [2.05, 4.69) is 29.1 Å². The molecule has 0 amide bonds. The zero-order valence-electron chi connectivity index (χ0n) is 19.8. The number of ether oxygens (including phenoxy) is 4. The van der Waals surface area contributed by atoms with Crippen molar-refractivity contribution in [3.05, 3.63) is 52.2 Å². The molecule has 1 N–H and O–H groups in total. The van der Waals surface area contributed by atoms with Crippen molar-refractivity contribution < 1.29 is 23.7 Å². The number of carbonyl (C=O) groups is 1. The number of nitrogens with one attached hydrogen (secondary N) is 1. The van der Waals surface area contributed by atoms with E-state index in [0.29, 0.717) is 17.9 Å². The second-order valence-corrected chi connectivity index (χ2v) is 8.73. The minimum Gasteiger partial charge on any atom is -0.493 e. The Labute approximate surface area is 193 Å². The van der Waals surface area contributed by atoms with Crippen molar-refractivity contribution in [2.75, 3.05) is 34.4 Å². The summed E-state index contributed by atoms with van der Waals surface area (Å²) < 4.78 is 23.4. The highest BCUT2D eigenvalue weighted by Crippen LogP contribution is 2.49. The van der Waals surface area contributed by atoms with E-state index in [1.54, 1.807) is 14.2 Å². The van der Waals surface area contributed by atoms with Crippen LogP contribution in [-0.4, -0.2) is 50.3 Å². The van der Waals surface area contributed by atoms with Crippen LogP contribution in [0.2, 0.25) is 0 Å². The molecule has 3 aromatic rings. The van der Waals surface area contributed by atoms with Gasteiger partial charge in [-0.15, -0.1) is 0 Å². The maximum atomic E-state index is 12.8. The van der Waals surface area contributed by atoms with Crippen molar-refractivity contribution in [2.45, 2.75) is 38.8 Å². The third-order valence-electron chi connectivity index (χ3n) is 7.05. The number of benzene rings is 2. The molecule has 33 heavy (non-hydrogen) atoms. The Bertz CT molecular complexity index is 1250. The zero-order valence-corrected chi connectivity index (χ0v) is 19.8. The summed E-state index contributed by atoms with van der Waals surface area (Å²) in [5.74, 6) is 1.93. The Morgan fingerprint density at radius 1 is 1.18 bits per heavy atom. The molecular formula is C26H30N2O5. The van der Waals surface area contributed by atoms with Crippen molar-refractivity contribution in [1.82, 2.24) is 9.88 Å². The molecule has 2 aliphatic heterocycles. The highest BCUT2D eigenvalue weighted by Gasteiger charge is 2.46. The predicted octanol–water partition coefficient (Wildman–Crippen LogP) is 4.34. The molecule has 1 spiro atoms. The Kier molecular flexibility index (Phi) is 5.24. The van der Waals surface area contributed by atoms with Gasteiger partial charge in [0.05, 0.1) is 26.4 Å². The van der Waals surface area contributed by atoms with Crippen LogP contribution in [0.5, 0.6) is 17.2 Å². The lowest BCUT2D eigenvalue weighted by Gasteiger charge is -2.48. The van der Waals surface area contributed by atoms with Gasteiger partial charge in [0.25, 0.3) is 0 Å². The topological polar surface area (TPSA) is 73.0 Å². The largest absolute Gasteiger partial charge is 0.493 e. The highest BCUT2D eigenvalue weighted by molar-refractivity contribution is 6.07. The Hall–Kier alpha value is -3.19. The minimum atomic E-state index is -0.608. The number of aryl methyl sites for hydroxylation is 2. The molecule has 174 valence electrons. The molecule has 0 saturated carbocycles. The monoisotopic (exact) mass is 450 g/mol. The highest BCUT2D eigenvalue weighted by atomic mass is 16.5. The van der Waals surface area contributed by atoms with Crippen molar-refractivity contribution >= 4 is 16.9 Å². The first-order valence-corrected chi connectivity index (χ1v) is 11.4. The first-order valence-electron chi connectivity index (χ1n) is 11.4. The number of hydrogen-bond donors (Lipinski definition) is 1. The molecule has 0 aliphatic carbocycles. The lowest BCUT2D eigenvalue weighted by atomic mass is 9.83. The summed E-state index contributed by atoms with van der Waals surface area (Å²) in [6.07, 6.45) is 2.44. The number of methoxy groups -OCH3 is 2. The van der Waals surface area contributed by atoms with Gasteiger partial charge in [0.15, 0.2) is 17.2 Å². The third kappa shape index (κ3) is 3.17. The first-order chi connectivity index (χ1) is 15.9. The Morgan fingerprint density at radius 2 is 1.94 bits per heavy atom. The Morgan fingerprint density at radius 3 is 2.67 bits per heavy atom. The van der Waals surface area contributed by atoms with Gasteiger partial charge in [-0.2, -0.15) is 0 Å². The first kappa shape index (κ1) is 21.6. The summed E-state index contributed by atoms with van der Waals surface area (Å²) in [7, 11) is 5.42. The van der Waals surface area contributed by atoms with Crippen LogP contribution in [0, 0.1) is 6.92 Å². The lowest BCUT2D eigenvalue weighted by molar-refractivity contribution is -0.100. The number of fused-ring (bicyclic) bond motifs is 5. The van der Waals surface area contributed by atoms with Gasteiger partial charge in [0.2, 0.25) is 0 Å². The van der Waals surface area contributed by atoms with Crippen molar-refractivity contribution in [2.24, 2.45) is 0 Å².